The largest absolute Gasteiger partial charge is 0.466 e. The van der Waals surface area contributed by atoms with Crippen molar-refractivity contribution in [3.8, 4) is 0 Å². The zero-order valence-electron chi connectivity index (χ0n) is 57.1. The van der Waals surface area contributed by atoms with Crippen LogP contribution in [0.3, 0.4) is 0 Å². The molecular formula is C74H100N6O12S3. The molecule has 6 aromatic carbocycles. The molecule has 21 heteroatoms. The van der Waals surface area contributed by atoms with Gasteiger partial charge in [-0.15, -0.1) is 0 Å². The van der Waals surface area contributed by atoms with E-state index in [-0.39, 0.29) is 36.4 Å². The standard InChI is InChI=1S/C26H36N2O4S.2C23H32N2O2S.2CO2/c1-4-32-25(29)15-9-7-5-6-8-12-18-27-26-21-13-10-11-14-23(21)28(3)33(30,31)24-19-20(2)16-17-22(24)26;2*1-4-5-6-7-8-11-16-24-23-19-12-9-10-13-21(19)25(3)28(26,27)22-17-18(2)14-15-20(22)23;2*2-1-3/h10-11,13-14,16-17,19,26-27H,4-9,12,15,18H2,1-3H3;2*9-10,12-15,17,23-24H,4-8,11,16H2,1-3H3;;. The first-order valence-corrected chi connectivity index (χ1v) is 37.8. The molecular weight excluding hydrogens is 1260 g/mol. The molecule has 9 rings (SSSR count). The summed E-state index contributed by atoms with van der Waals surface area (Å²) in [6.45, 7) is 15.1. The Kier molecular flexibility index (Phi) is 32.7. The molecule has 0 saturated carbocycles. The normalized spacial score (nSPS) is 16.3. The summed E-state index contributed by atoms with van der Waals surface area (Å²) in [5.74, 6) is -0.103. The lowest BCUT2D eigenvalue weighted by atomic mass is 9.96. The van der Waals surface area contributed by atoms with Crippen LogP contribution in [0, 0.1) is 20.8 Å². The maximum atomic E-state index is 13.3. The second-order valence-electron chi connectivity index (χ2n) is 24.3. The summed E-state index contributed by atoms with van der Waals surface area (Å²) in [5, 5.41) is 10.9. The fourth-order valence-corrected chi connectivity index (χ4v) is 16.9. The average Bonchev–Trinajstić information content (AvgIpc) is 1.64. The van der Waals surface area contributed by atoms with Crippen molar-refractivity contribution in [1.29, 1.82) is 0 Å². The maximum absolute atomic E-state index is 13.3. The molecule has 0 aromatic heterocycles. The number of anilines is 3. The minimum Gasteiger partial charge on any atom is -0.466 e. The van der Waals surface area contributed by atoms with Gasteiger partial charge >= 0.3 is 18.3 Å². The molecule has 0 fully saturated rings. The smallest absolute Gasteiger partial charge is 0.373 e. The number of nitrogens with zero attached hydrogens (tertiary/aromatic N) is 3. The number of carbonyl (C=O) groups is 1. The first-order chi connectivity index (χ1) is 45.6. The molecule has 3 heterocycles. The van der Waals surface area contributed by atoms with Crippen LogP contribution in [0.15, 0.2) is 142 Å². The van der Waals surface area contributed by atoms with Crippen molar-refractivity contribution < 1.29 is 54.0 Å². The zero-order chi connectivity index (χ0) is 69.6. The lowest BCUT2D eigenvalue weighted by Crippen LogP contribution is -2.26. The van der Waals surface area contributed by atoms with E-state index in [0.717, 1.165) is 132 Å². The van der Waals surface area contributed by atoms with Gasteiger partial charge < -0.3 is 20.7 Å². The summed E-state index contributed by atoms with van der Waals surface area (Å²) in [7, 11) is -5.85. The summed E-state index contributed by atoms with van der Waals surface area (Å²) < 4.78 is 88.9. The molecule has 0 saturated heterocycles. The van der Waals surface area contributed by atoms with Crippen molar-refractivity contribution in [2.24, 2.45) is 0 Å². The van der Waals surface area contributed by atoms with Crippen molar-refractivity contribution in [1.82, 2.24) is 16.0 Å². The van der Waals surface area contributed by atoms with Crippen molar-refractivity contribution in [2.75, 3.05) is 60.3 Å². The van der Waals surface area contributed by atoms with Crippen molar-refractivity contribution in [3.05, 3.63) is 177 Å². The number of hydrogen-bond donors (Lipinski definition) is 3. The van der Waals surface area contributed by atoms with Crippen molar-refractivity contribution in [2.45, 2.75) is 196 Å². The molecule has 0 aliphatic carbocycles. The van der Waals surface area contributed by atoms with Gasteiger partial charge in [0.25, 0.3) is 30.1 Å². The Morgan fingerprint density at radius 3 is 0.937 bits per heavy atom. The molecule has 95 heavy (non-hydrogen) atoms. The quantitative estimate of drug-likeness (QED) is 0.0321. The molecule has 18 nitrogen and oxygen atoms in total. The van der Waals surface area contributed by atoms with Crippen LogP contribution in [0.2, 0.25) is 0 Å². The second-order valence-corrected chi connectivity index (χ2v) is 30.1. The number of carbonyl (C=O) groups excluding carboxylic acids is 5. The van der Waals surface area contributed by atoms with Gasteiger partial charge in [0.15, 0.2) is 0 Å². The number of fused-ring (bicyclic) bond motifs is 6. The Hall–Kier alpha value is -7.32. The van der Waals surface area contributed by atoms with E-state index >= 15 is 0 Å². The van der Waals surface area contributed by atoms with Crippen LogP contribution in [-0.2, 0) is 58.8 Å². The number of nitrogens with one attached hydrogen (secondary N) is 3. The van der Waals surface area contributed by atoms with Gasteiger partial charge in [-0.1, -0.05) is 195 Å². The van der Waals surface area contributed by atoms with Gasteiger partial charge in [-0.2, -0.15) is 19.2 Å². The summed E-state index contributed by atoms with van der Waals surface area (Å²) in [6, 6.07) is 40.2. The van der Waals surface area contributed by atoms with Crippen LogP contribution in [-0.4, -0.2) is 90.9 Å². The maximum Gasteiger partial charge on any atom is 0.373 e. The van der Waals surface area contributed by atoms with Gasteiger partial charge in [-0.05, 0) is 159 Å². The monoisotopic (exact) mass is 1360 g/mol. The highest BCUT2D eigenvalue weighted by Gasteiger charge is 2.38. The van der Waals surface area contributed by atoms with Gasteiger partial charge in [-0.25, -0.2) is 25.3 Å². The van der Waals surface area contributed by atoms with E-state index in [2.05, 4.69) is 29.8 Å². The first-order valence-electron chi connectivity index (χ1n) is 33.5. The molecule has 516 valence electrons. The number of sulfonamides is 3. The lowest BCUT2D eigenvalue weighted by molar-refractivity contribution is -0.193. The van der Waals surface area contributed by atoms with E-state index in [1.165, 1.54) is 77.1 Å². The fourth-order valence-electron chi connectivity index (χ4n) is 12.2. The number of unbranched alkanes of at least 4 members (excludes halogenated alkanes) is 15. The van der Waals surface area contributed by atoms with Gasteiger partial charge in [0.2, 0.25) is 0 Å². The van der Waals surface area contributed by atoms with E-state index < -0.39 is 30.1 Å². The molecule has 0 amide bonds. The molecule has 3 unspecified atom stereocenters. The van der Waals surface area contributed by atoms with Crippen molar-refractivity contribution >= 4 is 65.4 Å². The lowest BCUT2D eigenvalue weighted by Gasteiger charge is -2.22. The van der Waals surface area contributed by atoms with E-state index in [9.17, 15) is 30.0 Å². The number of benzene rings is 6. The Labute approximate surface area is 566 Å². The Balaban J connectivity index is 0.000000248. The fraction of sp³-hybridized carbons (Fsp3) is 0.473. The average molecular weight is 1360 g/mol. The van der Waals surface area contributed by atoms with Gasteiger partial charge in [-0.3, -0.25) is 17.7 Å². The third-order valence-electron chi connectivity index (χ3n) is 17.3. The highest BCUT2D eigenvalue weighted by molar-refractivity contribution is 7.93. The number of hydrogen-bond acceptors (Lipinski definition) is 15. The summed E-state index contributed by atoms with van der Waals surface area (Å²) in [6.07, 6.45) is 22.2. The van der Waals surface area contributed by atoms with E-state index in [4.69, 9.17) is 23.9 Å². The van der Waals surface area contributed by atoms with Crippen LogP contribution < -0.4 is 28.9 Å². The van der Waals surface area contributed by atoms with Crippen LogP contribution >= 0.6 is 0 Å². The van der Waals surface area contributed by atoms with Crippen LogP contribution in [0.5, 0.6) is 0 Å². The minimum absolute atomic E-state index is 0.103. The third kappa shape index (κ3) is 21.6. The zero-order valence-corrected chi connectivity index (χ0v) is 59.5. The Bertz CT molecular complexity index is 3670. The summed E-state index contributed by atoms with van der Waals surface area (Å²) >= 11 is 0. The molecule has 0 spiro atoms. The van der Waals surface area contributed by atoms with Crippen LogP contribution in [0.4, 0.5) is 17.1 Å². The molecule has 3 aliphatic rings. The SMILES string of the molecule is CCCCCCCCNC1c2ccccc2N(C)S(=O)(=O)c2cc(C)ccc21.CCCCCCCCNC1c2ccccc2N(C)S(=O)(=O)c2cc(C)ccc21.CCOC(=O)CCCCCCCCNC1c2ccccc2N(C)S(=O)(=O)c2cc(C)ccc21.O=C=O.O=C=O. The highest BCUT2D eigenvalue weighted by Crippen LogP contribution is 2.43. The van der Waals surface area contributed by atoms with Gasteiger partial charge in [0.1, 0.15) is 0 Å². The van der Waals surface area contributed by atoms with E-state index in [1.807, 2.05) is 137 Å². The van der Waals surface area contributed by atoms with Crippen molar-refractivity contribution in [3.63, 3.8) is 0 Å². The van der Waals surface area contributed by atoms with Gasteiger partial charge in [0, 0.05) is 27.6 Å². The summed E-state index contributed by atoms with van der Waals surface area (Å²) in [5.41, 5.74) is 10.5. The van der Waals surface area contributed by atoms with E-state index in [1.54, 1.807) is 39.3 Å². The van der Waals surface area contributed by atoms with Crippen LogP contribution in [0.1, 0.15) is 211 Å². The van der Waals surface area contributed by atoms with Gasteiger partial charge in [0.05, 0.1) is 56.5 Å². The molecule has 6 aromatic rings. The molecule has 0 radical (unpaired) electrons. The minimum atomic E-state index is -3.62. The topological polar surface area (TPSA) is 243 Å². The predicted molar refractivity (Wildman–Crippen MR) is 375 cm³/mol. The first kappa shape index (κ1) is 78.4. The highest BCUT2D eigenvalue weighted by atomic mass is 32.2. The molecule has 3 atom stereocenters. The number of rotatable bonds is 27. The molecule has 3 aliphatic heterocycles. The Morgan fingerprint density at radius 1 is 0.389 bits per heavy atom. The number of esters is 1. The van der Waals surface area contributed by atoms with Crippen LogP contribution in [0.25, 0.3) is 0 Å². The Morgan fingerprint density at radius 2 is 0.653 bits per heavy atom. The number of para-hydroxylation sites is 3. The second kappa shape index (κ2) is 39.7. The predicted octanol–water partition coefficient (Wildman–Crippen LogP) is 14.3. The molecule has 3 N–H and O–H groups in total. The number of ether oxygens (including phenoxy) is 1. The number of aryl methyl sites for hydroxylation is 3. The molecule has 0 bridgehead atoms. The third-order valence-corrected chi connectivity index (χ3v) is 22.8. The summed E-state index contributed by atoms with van der Waals surface area (Å²) in [4.78, 5) is 45.1. The van der Waals surface area contributed by atoms with E-state index in [0.29, 0.717) is 33.4 Å².